The highest BCUT2D eigenvalue weighted by Gasteiger charge is 2.19. The Kier molecular flexibility index (Phi) is 6.18. The van der Waals surface area contributed by atoms with Gasteiger partial charge in [0.15, 0.2) is 6.61 Å². The molecule has 2 aromatic carbocycles. The van der Waals surface area contributed by atoms with Gasteiger partial charge in [0.2, 0.25) is 0 Å². The van der Waals surface area contributed by atoms with Crippen molar-refractivity contribution in [3.63, 3.8) is 0 Å². The van der Waals surface area contributed by atoms with Crippen molar-refractivity contribution in [3.8, 4) is 11.4 Å². The summed E-state index contributed by atoms with van der Waals surface area (Å²) in [6, 6.07) is 13.7. The lowest BCUT2D eigenvalue weighted by Gasteiger charge is -2.06. The van der Waals surface area contributed by atoms with Crippen molar-refractivity contribution >= 4 is 39.3 Å². The van der Waals surface area contributed by atoms with Gasteiger partial charge in [0, 0.05) is 10.9 Å². The van der Waals surface area contributed by atoms with E-state index in [1.807, 2.05) is 0 Å². The number of nitrogens with one attached hydrogen (secondary N) is 1. The zero-order valence-electron chi connectivity index (χ0n) is 17.6. The van der Waals surface area contributed by atoms with E-state index in [2.05, 4.69) is 10.4 Å². The molecule has 0 saturated carbocycles. The molecule has 4 aromatic rings. The van der Waals surface area contributed by atoms with E-state index in [1.54, 1.807) is 41.9 Å². The highest BCUT2D eigenvalue weighted by molar-refractivity contribution is 7.20. The molecule has 168 valence electrons. The van der Waals surface area contributed by atoms with Gasteiger partial charge in [0.05, 0.1) is 18.5 Å². The Morgan fingerprint density at radius 2 is 1.79 bits per heavy atom. The number of hydrogen-bond donors (Lipinski definition) is 1. The third kappa shape index (κ3) is 4.75. The lowest BCUT2D eigenvalue weighted by molar-refractivity contribution is -0.123. The van der Waals surface area contributed by atoms with Gasteiger partial charge in [0.1, 0.15) is 21.3 Å². The number of esters is 1. The minimum absolute atomic E-state index is 0.265. The van der Waals surface area contributed by atoms with E-state index in [0.29, 0.717) is 22.0 Å². The van der Waals surface area contributed by atoms with Gasteiger partial charge in [-0.15, -0.1) is 11.3 Å². The maximum absolute atomic E-state index is 13.2. The Morgan fingerprint density at radius 3 is 2.45 bits per heavy atom. The number of benzene rings is 2. The summed E-state index contributed by atoms with van der Waals surface area (Å²) < 4.78 is 25.0. The van der Waals surface area contributed by atoms with Crippen molar-refractivity contribution in [2.45, 2.75) is 6.92 Å². The molecule has 0 unspecified atom stereocenters. The van der Waals surface area contributed by atoms with Crippen molar-refractivity contribution in [2.24, 2.45) is 0 Å². The number of nitrogens with zero attached hydrogens (tertiary/aromatic N) is 2. The molecule has 4 rings (SSSR count). The van der Waals surface area contributed by atoms with Crippen LogP contribution in [0.25, 0.3) is 15.9 Å². The summed E-state index contributed by atoms with van der Waals surface area (Å²) in [4.78, 5) is 37.6. The van der Waals surface area contributed by atoms with Crippen LogP contribution in [0.3, 0.4) is 0 Å². The number of fused-ring (bicyclic) bond motifs is 1. The fourth-order valence-electron chi connectivity index (χ4n) is 3.08. The van der Waals surface area contributed by atoms with Crippen LogP contribution in [0.2, 0.25) is 0 Å². The summed E-state index contributed by atoms with van der Waals surface area (Å²) in [6.07, 6.45) is 0. The molecule has 10 heteroatoms. The summed E-state index contributed by atoms with van der Waals surface area (Å²) in [5.41, 5.74) is 1.60. The first kappa shape index (κ1) is 22.2. The number of aromatic nitrogens is 2. The number of rotatable bonds is 6. The van der Waals surface area contributed by atoms with Crippen LogP contribution in [0.1, 0.15) is 25.7 Å². The molecule has 0 spiro atoms. The Hall–Kier alpha value is -4.05. The molecule has 0 radical (unpaired) electrons. The van der Waals surface area contributed by atoms with Gasteiger partial charge in [-0.1, -0.05) is 0 Å². The molecule has 2 heterocycles. The highest BCUT2D eigenvalue weighted by Crippen LogP contribution is 2.30. The van der Waals surface area contributed by atoms with Gasteiger partial charge in [-0.3, -0.25) is 14.9 Å². The summed E-state index contributed by atoms with van der Waals surface area (Å²) in [6.45, 7) is 1.18. The molecule has 0 aliphatic heterocycles. The van der Waals surface area contributed by atoms with Crippen LogP contribution in [0.5, 0.6) is 5.75 Å². The molecular weight excluding hydrogens is 449 g/mol. The Bertz CT molecular complexity index is 1340. The zero-order chi connectivity index (χ0) is 23.5. The maximum atomic E-state index is 13.2. The average Bonchev–Trinajstić information content (AvgIpc) is 3.39. The zero-order valence-corrected chi connectivity index (χ0v) is 18.4. The van der Waals surface area contributed by atoms with Gasteiger partial charge in [0.25, 0.3) is 11.8 Å². The van der Waals surface area contributed by atoms with E-state index in [4.69, 9.17) is 9.47 Å². The van der Waals surface area contributed by atoms with Gasteiger partial charge >= 0.3 is 5.97 Å². The molecule has 0 fully saturated rings. The second-order valence-electron chi connectivity index (χ2n) is 6.99. The van der Waals surface area contributed by atoms with E-state index >= 15 is 0 Å². The lowest BCUT2D eigenvalue weighted by Crippen LogP contribution is -2.34. The van der Waals surface area contributed by atoms with E-state index < -0.39 is 24.4 Å². The molecular formula is C23H18FN3O5S. The SMILES string of the molecule is COc1ccc(C(=O)NC(=O)COC(=O)c2cc3c(C)nn(-c4ccc(F)cc4)c3s2)cc1. The van der Waals surface area contributed by atoms with Gasteiger partial charge in [-0.25, -0.2) is 13.9 Å². The first-order chi connectivity index (χ1) is 15.9. The average molecular weight is 467 g/mol. The largest absolute Gasteiger partial charge is 0.497 e. The van der Waals surface area contributed by atoms with Gasteiger partial charge in [-0.05, 0) is 61.5 Å². The van der Waals surface area contributed by atoms with Crippen LogP contribution < -0.4 is 10.1 Å². The van der Waals surface area contributed by atoms with Crippen molar-refractivity contribution in [2.75, 3.05) is 13.7 Å². The third-order valence-electron chi connectivity index (χ3n) is 4.76. The molecule has 0 saturated heterocycles. The molecule has 0 atom stereocenters. The number of ether oxygens (including phenoxy) is 2. The molecule has 2 aromatic heterocycles. The second-order valence-corrected chi connectivity index (χ2v) is 8.02. The van der Waals surface area contributed by atoms with Crippen molar-refractivity contribution < 1.29 is 28.2 Å². The molecule has 33 heavy (non-hydrogen) atoms. The minimum atomic E-state index is -0.751. The Morgan fingerprint density at radius 1 is 1.09 bits per heavy atom. The lowest BCUT2D eigenvalue weighted by atomic mass is 10.2. The predicted molar refractivity (Wildman–Crippen MR) is 119 cm³/mol. The van der Waals surface area contributed by atoms with Crippen molar-refractivity contribution in [1.82, 2.24) is 15.1 Å². The highest BCUT2D eigenvalue weighted by atomic mass is 32.1. The van der Waals surface area contributed by atoms with Crippen LogP contribution in [-0.2, 0) is 9.53 Å². The smallest absolute Gasteiger partial charge is 0.348 e. The molecule has 0 bridgehead atoms. The fourth-order valence-corrected chi connectivity index (χ4v) is 4.16. The van der Waals surface area contributed by atoms with Crippen LogP contribution >= 0.6 is 11.3 Å². The van der Waals surface area contributed by atoms with E-state index in [-0.39, 0.29) is 16.3 Å². The molecule has 1 N–H and O–H groups in total. The van der Waals surface area contributed by atoms with E-state index in [1.165, 1.54) is 31.4 Å². The van der Waals surface area contributed by atoms with E-state index in [0.717, 1.165) is 16.7 Å². The minimum Gasteiger partial charge on any atom is -0.497 e. The van der Waals surface area contributed by atoms with Crippen LogP contribution in [0.4, 0.5) is 4.39 Å². The normalized spacial score (nSPS) is 10.8. The molecule has 0 aliphatic rings. The number of halogens is 1. The quantitative estimate of drug-likeness (QED) is 0.435. The summed E-state index contributed by atoms with van der Waals surface area (Å²) in [7, 11) is 1.50. The summed E-state index contributed by atoms with van der Waals surface area (Å²) in [5, 5.41) is 7.35. The van der Waals surface area contributed by atoms with Crippen LogP contribution in [-0.4, -0.2) is 41.3 Å². The third-order valence-corrected chi connectivity index (χ3v) is 5.85. The molecule has 2 amide bonds. The number of carbonyl (C=O) groups excluding carboxylic acids is 3. The standard InChI is InChI=1S/C23H18FN3O5S/c1-13-18-11-19(33-22(18)27(26-13)16-7-5-15(24)6-8-16)23(30)32-12-20(28)25-21(29)14-3-9-17(31-2)10-4-14/h3-11H,12H2,1-2H3,(H,25,28,29). The number of methoxy groups -OCH3 is 1. The number of aryl methyl sites for hydroxylation is 1. The number of imide groups is 1. The van der Waals surface area contributed by atoms with Crippen molar-refractivity contribution in [3.05, 3.63) is 76.5 Å². The van der Waals surface area contributed by atoms with Gasteiger partial charge in [-0.2, -0.15) is 5.10 Å². The topological polar surface area (TPSA) is 99.5 Å². The summed E-state index contributed by atoms with van der Waals surface area (Å²) >= 11 is 1.14. The van der Waals surface area contributed by atoms with Crippen LogP contribution in [0.15, 0.2) is 54.6 Å². The second kappa shape index (κ2) is 9.21. The predicted octanol–water partition coefficient (Wildman–Crippen LogP) is 3.66. The molecule has 8 nitrogen and oxygen atoms in total. The van der Waals surface area contributed by atoms with Gasteiger partial charge < -0.3 is 9.47 Å². The van der Waals surface area contributed by atoms with E-state index in [9.17, 15) is 18.8 Å². The Labute approximate surface area is 191 Å². The maximum Gasteiger partial charge on any atom is 0.348 e. The number of carbonyl (C=O) groups is 3. The first-order valence-corrected chi connectivity index (χ1v) is 10.6. The van der Waals surface area contributed by atoms with Crippen LogP contribution in [0, 0.1) is 12.7 Å². The first-order valence-electron chi connectivity index (χ1n) is 9.76. The number of amides is 2. The monoisotopic (exact) mass is 467 g/mol. The fraction of sp³-hybridized carbons (Fsp3) is 0.130. The van der Waals surface area contributed by atoms with Crippen molar-refractivity contribution in [1.29, 1.82) is 0 Å². The molecule has 0 aliphatic carbocycles. The summed E-state index contributed by atoms with van der Waals surface area (Å²) in [5.74, 6) is -1.85. The Balaban J connectivity index is 1.41. The number of thiophene rings is 1. The number of hydrogen-bond acceptors (Lipinski definition) is 7.